The Morgan fingerprint density at radius 3 is 2.26 bits per heavy atom. The van der Waals surface area contributed by atoms with Crippen molar-refractivity contribution in [3.05, 3.63) is 71.8 Å². The normalized spacial score (nSPS) is 20.2. The van der Waals surface area contributed by atoms with Crippen molar-refractivity contribution < 1.29 is 23.8 Å². The van der Waals surface area contributed by atoms with Crippen LogP contribution < -0.4 is 5.32 Å². The van der Waals surface area contributed by atoms with Gasteiger partial charge in [-0.25, -0.2) is 4.79 Å². The molecule has 1 fully saturated rings. The van der Waals surface area contributed by atoms with Crippen LogP contribution in [-0.4, -0.2) is 41.2 Å². The van der Waals surface area contributed by atoms with E-state index in [1.165, 1.54) is 5.56 Å². The maximum Gasteiger partial charge on any atom is 0.334 e. The van der Waals surface area contributed by atoms with E-state index in [0.717, 1.165) is 24.8 Å². The van der Waals surface area contributed by atoms with Crippen LogP contribution in [0.15, 0.2) is 60.7 Å². The second kappa shape index (κ2) is 10.9. The van der Waals surface area contributed by atoms with Gasteiger partial charge in [-0.2, -0.15) is 0 Å². The quantitative estimate of drug-likeness (QED) is 0.252. The highest BCUT2D eigenvalue weighted by molar-refractivity contribution is 7.58. The Kier molecular flexibility index (Phi) is 8.19. The van der Waals surface area contributed by atoms with Gasteiger partial charge >= 0.3 is 11.9 Å². The van der Waals surface area contributed by atoms with E-state index in [1.807, 2.05) is 60.7 Å². The van der Waals surface area contributed by atoms with Crippen LogP contribution >= 0.6 is 7.37 Å². The van der Waals surface area contributed by atoms with Gasteiger partial charge in [-0.15, -0.1) is 0 Å². The molecule has 2 atom stereocenters. The van der Waals surface area contributed by atoms with Gasteiger partial charge in [0.05, 0.1) is 0 Å². The fourth-order valence-corrected chi connectivity index (χ4v) is 5.34. The first kappa shape index (κ1) is 23.4. The zero-order valence-corrected chi connectivity index (χ0v) is 18.6. The highest BCUT2D eigenvalue weighted by Crippen LogP contribution is 2.41. The van der Waals surface area contributed by atoms with E-state index in [-0.39, 0.29) is 6.16 Å². The first-order chi connectivity index (χ1) is 14.9. The summed E-state index contributed by atoms with van der Waals surface area (Å²) >= 11 is 0. The summed E-state index contributed by atoms with van der Waals surface area (Å²) in [6.45, 7) is 0.663. The molecule has 0 bridgehead atoms. The van der Waals surface area contributed by atoms with Crippen molar-refractivity contribution in [2.75, 3.05) is 18.9 Å². The SMILES string of the molecule is O=C(CP(=O)(O)CCCCc1ccccc1)OC(=O)[C@]1(Cc2ccccc2)CCCN1. The fraction of sp³-hybridized carbons (Fsp3) is 0.417. The number of hydrogen-bond donors (Lipinski definition) is 2. The van der Waals surface area contributed by atoms with Crippen LogP contribution in [0.4, 0.5) is 0 Å². The number of carbonyl (C=O) groups is 2. The first-order valence-corrected chi connectivity index (χ1v) is 12.8. The summed E-state index contributed by atoms with van der Waals surface area (Å²) in [4.78, 5) is 35.3. The van der Waals surface area contributed by atoms with Crippen LogP contribution in [0.2, 0.25) is 0 Å². The molecule has 166 valence electrons. The van der Waals surface area contributed by atoms with Crippen molar-refractivity contribution >= 4 is 19.3 Å². The lowest BCUT2D eigenvalue weighted by atomic mass is 9.89. The molecule has 1 unspecified atom stereocenters. The molecule has 3 rings (SSSR count). The number of ether oxygens (including phenoxy) is 1. The van der Waals surface area contributed by atoms with E-state index < -0.39 is 31.0 Å². The zero-order valence-electron chi connectivity index (χ0n) is 17.7. The average molecular weight is 443 g/mol. The first-order valence-electron chi connectivity index (χ1n) is 10.8. The number of rotatable bonds is 10. The van der Waals surface area contributed by atoms with Crippen molar-refractivity contribution in [2.24, 2.45) is 0 Å². The summed E-state index contributed by atoms with van der Waals surface area (Å²) < 4.78 is 17.5. The Bertz CT molecular complexity index is 910. The van der Waals surface area contributed by atoms with Gasteiger partial charge in [0, 0.05) is 12.6 Å². The van der Waals surface area contributed by atoms with Crippen molar-refractivity contribution in [1.82, 2.24) is 5.32 Å². The van der Waals surface area contributed by atoms with Crippen LogP contribution in [0.3, 0.4) is 0 Å². The van der Waals surface area contributed by atoms with Gasteiger partial charge in [-0.3, -0.25) is 9.36 Å². The maximum absolute atomic E-state index is 12.8. The van der Waals surface area contributed by atoms with Crippen molar-refractivity contribution in [3.63, 3.8) is 0 Å². The molecule has 1 aliphatic heterocycles. The Hall–Kier alpha value is -2.27. The van der Waals surface area contributed by atoms with Crippen LogP contribution in [-0.2, 0) is 31.7 Å². The molecule has 0 spiro atoms. The molecule has 1 saturated heterocycles. The topological polar surface area (TPSA) is 92.7 Å². The van der Waals surface area contributed by atoms with E-state index in [4.69, 9.17) is 4.74 Å². The molecule has 0 aromatic heterocycles. The van der Waals surface area contributed by atoms with E-state index in [2.05, 4.69) is 5.32 Å². The third kappa shape index (κ3) is 7.13. The van der Waals surface area contributed by atoms with Crippen molar-refractivity contribution in [2.45, 2.75) is 44.1 Å². The molecule has 2 N–H and O–H groups in total. The highest BCUT2D eigenvalue weighted by Gasteiger charge is 2.44. The molecular weight excluding hydrogens is 413 g/mol. The van der Waals surface area contributed by atoms with E-state index in [1.54, 1.807) is 0 Å². The lowest BCUT2D eigenvalue weighted by molar-refractivity contribution is -0.162. The maximum atomic E-state index is 12.8. The second-order valence-electron chi connectivity index (χ2n) is 8.21. The molecule has 1 aliphatic rings. The Balaban J connectivity index is 1.48. The minimum Gasteiger partial charge on any atom is -0.391 e. The van der Waals surface area contributed by atoms with Crippen LogP contribution in [0.25, 0.3) is 0 Å². The third-order valence-corrected chi connectivity index (χ3v) is 7.40. The summed E-state index contributed by atoms with van der Waals surface area (Å²) in [5.74, 6) is -1.59. The van der Waals surface area contributed by atoms with E-state index in [0.29, 0.717) is 25.8 Å². The van der Waals surface area contributed by atoms with Gasteiger partial charge in [-0.1, -0.05) is 60.7 Å². The molecule has 2 aromatic carbocycles. The highest BCUT2D eigenvalue weighted by atomic mass is 31.2. The van der Waals surface area contributed by atoms with E-state index >= 15 is 0 Å². The summed E-state index contributed by atoms with van der Waals surface area (Å²) in [5.41, 5.74) is 1.17. The van der Waals surface area contributed by atoms with Crippen molar-refractivity contribution in [3.8, 4) is 0 Å². The number of unbranched alkanes of at least 4 members (excludes halogenated alkanes) is 1. The molecular formula is C24H30NO5P. The van der Waals surface area contributed by atoms with Crippen molar-refractivity contribution in [1.29, 1.82) is 0 Å². The molecule has 1 heterocycles. The van der Waals surface area contributed by atoms with Crippen LogP contribution in [0, 0.1) is 0 Å². The summed E-state index contributed by atoms with van der Waals surface area (Å²) in [7, 11) is -3.69. The lowest BCUT2D eigenvalue weighted by Crippen LogP contribution is -2.51. The molecule has 0 radical (unpaired) electrons. The van der Waals surface area contributed by atoms with Crippen LogP contribution in [0.5, 0.6) is 0 Å². The zero-order chi connectivity index (χ0) is 22.2. The van der Waals surface area contributed by atoms with E-state index in [9.17, 15) is 19.0 Å². The standard InChI is InChI=1S/C24H30NO5P/c26-22(19-31(28,29)17-8-7-12-20-10-3-1-4-11-20)30-23(27)24(15-9-16-25-24)18-21-13-5-2-6-14-21/h1-6,10-11,13-14,25H,7-9,12,15-19H2,(H,28,29)/t24-/m1/s1. The molecule has 0 saturated carbocycles. The molecule has 31 heavy (non-hydrogen) atoms. The number of carbonyl (C=O) groups excluding carboxylic acids is 2. The fourth-order valence-electron chi connectivity index (χ4n) is 3.99. The summed E-state index contributed by atoms with van der Waals surface area (Å²) in [5, 5.41) is 3.19. The Morgan fingerprint density at radius 1 is 1.00 bits per heavy atom. The van der Waals surface area contributed by atoms with Gasteiger partial charge in [-0.05, 0) is 49.8 Å². The van der Waals surface area contributed by atoms with Gasteiger partial charge in [0.25, 0.3) is 0 Å². The number of hydrogen-bond acceptors (Lipinski definition) is 5. The minimum atomic E-state index is -3.69. The predicted molar refractivity (Wildman–Crippen MR) is 120 cm³/mol. The molecule has 0 amide bonds. The summed E-state index contributed by atoms with van der Waals surface area (Å²) in [6.07, 6.45) is 3.28. The Morgan fingerprint density at radius 2 is 1.65 bits per heavy atom. The second-order valence-corrected chi connectivity index (χ2v) is 10.7. The van der Waals surface area contributed by atoms with Gasteiger partial charge in [0.15, 0.2) is 0 Å². The lowest BCUT2D eigenvalue weighted by Gasteiger charge is -2.27. The number of nitrogens with one attached hydrogen (secondary N) is 1. The van der Waals surface area contributed by atoms with Gasteiger partial charge in [0.2, 0.25) is 7.37 Å². The monoisotopic (exact) mass is 443 g/mol. The largest absolute Gasteiger partial charge is 0.391 e. The number of aryl methyl sites for hydroxylation is 1. The molecule has 6 nitrogen and oxygen atoms in total. The predicted octanol–water partition coefficient (Wildman–Crippen LogP) is 3.71. The molecule has 7 heteroatoms. The molecule has 0 aliphatic carbocycles. The number of esters is 2. The Labute approximate surface area is 183 Å². The van der Waals surface area contributed by atoms with Crippen LogP contribution in [0.1, 0.15) is 36.8 Å². The molecule has 2 aromatic rings. The summed E-state index contributed by atoms with van der Waals surface area (Å²) in [6, 6.07) is 19.5. The third-order valence-electron chi connectivity index (χ3n) is 5.63. The van der Waals surface area contributed by atoms with Gasteiger partial charge in [0.1, 0.15) is 11.7 Å². The smallest absolute Gasteiger partial charge is 0.334 e. The average Bonchev–Trinajstić information content (AvgIpc) is 3.22. The van der Waals surface area contributed by atoms with Gasteiger partial charge < -0.3 is 14.9 Å². The minimum absolute atomic E-state index is 0.0382. The number of benzene rings is 2.